The predicted octanol–water partition coefficient (Wildman–Crippen LogP) is 4.65. The molecule has 0 spiro atoms. The third kappa shape index (κ3) is 4.74. The van der Waals surface area contributed by atoms with Crippen LogP contribution in [0.4, 0.5) is 0 Å². The number of carbonyl (C=O) groups excluding carboxylic acids is 1. The maximum Gasteiger partial charge on any atom is 0.258 e. The highest BCUT2D eigenvalue weighted by molar-refractivity contribution is 9.11. The summed E-state index contributed by atoms with van der Waals surface area (Å²) >= 11 is 6.80. The normalized spacial score (nSPS) is 11.8. The summed E-state index contributed by atoms with van der Waals surface area (Å²) in [5.41, 5.74) is 2.04. The molecule has 1 N–H and O–H groups in total. The van der Waals surface area contributed by atoms with E-state index in [-0.39, 0.29) is 18.6 Å². The van der Waals surface area contributed by atoms with E-state index in [1.54, 1.807) is 18.6 Å². The number of amides is 1. The summed E-state index contributed by atoms with van der Waals surface area (Å²) < 4.78 is 9.23. The van der Waals surface area contributed by atoms with Crippen molar-refractivity contribution < 1.29 is 9.53 Å². The molecule has 7 heteroatoms. The monoisotopic (exact) mass is 477 g/mol. The molecule has 1 unspecified atom stereocenters. The molecule has 1 atom stereocenters. The van der Waals surface area contributed by atoms with Crippen LogP contribution in [0, 0.1) is 0 Å². The van der Waals surface area contributed by atoms with Crippen molar-refractivity contribution in [3.05, 3.63) is 75.7 Å². The molecule has 3 rings (SSSR count). The van der Waals surface area contributed by atoms with Crippen molar-refractivity contribution in [2.75, 3.05) is 6.61 Å². The molecule has 0 aliphatic rings. The average Bonchev–Trinajstić information content (AvgIpc) is 3.16. The van der Waals surface area contributed by atoms with Gasteiger partial charge in [0.25, 0.3) is 5.91 Å². The number of imidazole rings is 1. The van der Waals surface area contributed by atoms with Crippen LogP contribution in [0.3, 0.4) is 0 Å². The summed E-state index contributed by atoms with van der Waals surface area (Å²) in [6, 6.07) is 13.4. The van der Waals surface area contributed by atoms with Crippen LogP contribution >= 0.6 is 31.9 Å². The van der Waals surface area contributed by atoms with E-state index >= 15 is 0 Å². The highest BCUT2D eigenvalue weighted by Crippen LogP contribution is 2.28. The first-order valence-corrected chi connectivity index (χ1v) is 9.57. The Labute approximate surface area is 168 Å². The van der Waals surface area contributed by atoms with Gasteiger partial charge in [-0.1, -0.05) is 28.1 Å². The molecule has 0 radical (unpaired) electrons. The largest absolute Gasteiger partial charge is 0.483 e. The Morgan fingerprint density at radius 2 is 2.00 bits per heavy atom. The quantitative estimate of drug-likeness (QED) is 0.560. The van der Waals surface area contributed by atoms with Crippen molar-refractivity contribution >= 4 is 37.8 Å². The topological polar surface area (TPSA) is 56.1 Å². The fraction of sp³-hybridized carbons (Fsp3) is 0.158. The van der Waals surface area contributed by atoms with Crippen molar-refractivity contribution in [2.45, 2.75) is 13.0 Å². The predicted molar refractivity (Wildman–Crippen MR) is 107 cm³/mol. The Bertz CT molecular complexity index is 880. The summed E-state index contributed by atoms with van der Waals surface area (Å²) in [4.78, 5) is 16.2. The number of hydrogen-bond acceptors (Lipinski definition) is 3. The average molecular weight is 479 g/mol. The molecule has 0 bridgehead atoms. The first-order chi connectivity index (χ1) is 12.5. The van der Waals surface area contributed by atoms with E-state index in [0.717, 1.165) is 20.2 Å². The summed E-state index contributed by atoms with van der Waals surface area (Å²) in [6.07, 6.45) is 5.37. The lowest BCUT2D eigenvalue weighted by Gasteiger charge is -2.16. The lowest BCUT2D eigenvalue weighted by Crippen LogP contribution is -2.31. The molecule has 0 saturated heterocycles. The number of aromatic nitrogens is 2. The zero-order chi connectivity index (χ0) is 18.5. The molecule has 1 heterocycles. The van der Waals surface area contributed by atoms with Gasteiger partial charge in [-0.25, -0.2) is 4.98 Å². The Balaban J connectivity index is 1.55. The molecule has 2 aromatic carbocycles. The Morgan fingerprint density at radius 3 is 2.65 bits per heavy atom. The van der Waals surface area contributed by atoms with E-state index in [9.17, 15) is 4.79 Å². The molecule has 134 valence electrons. The highest BCUT2D eigenvalue weighted by atomic mass is 79.9. The fourth-order valence-electron chi connectivity index (χ4n) is 2.45. The van der Waals surface area contributed by atoms with Gasteiger partial charge in [-0.3, -0.25) is 4.79 Å². The second-order valence-electron chi connectivity index (χ2n) is 5.71. The van der Waals surface area contributed by atoms with E-state index in [4.69, 9.17) is 4.74 Å². The Hall–Kier alpha value is -2.12. The van der Waals surface area contributed by atoms with Crippen LogP contribution in [-0.2, 0) is 4.79 Å². The molecule has 0 saturated carbocycles. The van der Waals surface area contributed by atoms with Gasteiger partial charge in [-0.2, -0.15) is 0 Å². The van der Waals surface area contributed by atoms with Gasteiger partial charge in [-0.15, -0.1) is 0 Å². The summed E-state index contributed by atoms with van der Waals surface area (Å²) in [6.45, 7) is 1.90. The number of nitrogens with zero attached hydrogens (tertiary/aromatic N) is 2. The molecule has 0 aliphatic heterocycles. The minimum absolute atomic E-state index is 0.0440. The second-order valence-corrected chi connectivity index (χ2v) is 7.48. The highest BCUT2D eigenvalue weighted by Gasteiger charge is 2.11. The minimum Gasteiger partial charge on any atom is -0.483 e. The van der Waals surface area contributed by atoms with E-state index in [2.05, 4.69) is 42.2 Å². The van der Waals surface area contributed by atoms with Gasteiger partial charge in [0, 0.05) is 22.6 Å². The molecule has 0 aliphatic carbocycles. The van der Waals surface area contributed by atoms with Gasteiger partial charge in [-0.05, 0) is 58.7 Å². The molecule has 0 fully saturated rings. The van der Waals surface area contributed by atoms with Crippen LogP contribution in [0.25, 0.3) is 5.69 Å². The SMILES string of the molecule is CC(NC(=O)COc1ccc(Br)cc1Br)c1ccc(-n2ccnc2)cc1. The van der Waals surface area contributed by atoms with E-state index in [1.807, 2.05) is 54.1 Å². The lowest BCUT2D eigenvalue weighted by molar-refractivity contribution is -0.123. The molecule has 26 heavy (non-hydrogen) atoms. The summed E-state index contributed by atoms with van der Waals surface area (Å²) in [5.74, 6) is 0.451. The van der Waals surface area contributed by atoms with Gasteiger partial charge in [0.1, 0.15) is 5.75 Å². The smallest absolute Gasteiger partial charge is 0.258 e. The third-order valence-corrected chi connectivity index (χ3v) is 4.94. The maximum absolute atomic E-state index is 12.2. The van der Waals surface area contributed by atoms with Crippen molar-refractivity contribution in [3.63, 3.8) is 0 Å². The summed E-state index contributed by atoms with van der Waals surface area (Å²) in [7, 11) is 0. The van der Waals surface area contributed by atoms with E-state index < -0.39 is 0 Å². The van der Waals surface area contributed by atoms with Crippen LogP contribution in [0.2, 0.25) is 0 Å². The molecular formula is C19H17Br2N3O2. The van der Waals surface area contributed by atoms with Gasteiger partial charge in [0.05, 0.1) is 16.8 Å². The van der Waals surface area contributed by atoms with Gasteiger partial charge in [0.15, 0.2) is 6.61 Å². The molecule has 5 nitrogen and oxygen atoms in total. The van der Waals surface area contributed by atoms with Gasteiger partial charge in [0.2, 0.25) is 0 Å². The molecular weight excluding hydrogens is 462 g/mol. The van der Waals surface area contributed by atoms with Crippen LogP contribution in [0.15, 0.2) is 70.1 Å². The van der Waals surface area contributed by atoms with Gasteiger partial charge >= 0.3 is 0 Å². The standard InChI is InChI=1S/C19H17Br2N3O2/c1-13(14-2-5-16(6-3-14)24-9-8-22-12-24)23-19(25)11-26-18-7-4-15(20)10-17(18)21/h2-10,12-13H,11H2,1H3,(H,23,25). The fourth-order valence-corrected chi connectivity index (χ4v) is 3.61. The van der Waals surface area contributed by atoms with Crippen molar-refractivity contribution in [3.8, 4) is 11.4 Å². The zero-order valence-corrected chi connectivity index (χ0v) is 17.2. The first-order valence-electron chi connectivity index (χ1n) is 7.98. The van der Waals surface area contributed by atoms with E-state index in [0.29, 0.717) is 5.75 Å². The van der Waals surface area contributed by atoms with Gasteiger partial charge < -0.3 is 14.6 Å². The second kappa shape index (κ2) is 8.51. The number of rotatable bonds is 6. The molecule has 1 aromatic heterocycles. The van der Waals surface area contributed by atoms with Crippen molar-refractivity contribution in [2.24, 2.45) is 0 Å². The molecule has 3 aromatic rings. The van der Waals surface area contributed by atoms with E-state index in [1.165, 1.54) is 0 Å². The number of benzene rings is 2. The van der Waals surface area contributed by atoms with Crippen LogP contribution < -0.4 is 10.1 Å². The minimum atomic E-state index is -0.175. The van der Waals surface area contributed by atoms with Crippen molar-refractivity contribution in [1.82, 2.24) is 14.9 Å². The number of carbonyl (C=O) groups is 1. The zero-order valence-electron chi connectivity index (χ0n) is 14.0. The Kier molecular flexibility index (Phi) is 6.11. The molecule has 1 amide bonds. The number of halogens is 2. The first kappa shape index (κ1) is 18.7. The maximum atomic E-state index is 12.2. The number of nitrogens with one attached hydrogen (secondary N) is 1. The Morgan fingerprint density at radius 1 is 1.23 bits per heavy atom. The lowest BCUT2D eigenvalue weighted by atomic mass is 10.1. The van der Waals surface area contributed by atoms with Crippen molar-refractivity contribution in [1.29, 1.82) is 0 Å². The number of hydrogen-bond donors (Lipinski definition) is 1. The summed E-state index contributed by atoms with van der Waals surface area (Å²) in [5, 5.41) is 2.94. The third-order valence-electron chi connectivity index (χ3n) is 3.83. The van der Waals surface area contributed by atoms with Crippen LogP contribution in [-0.4, -0.2) is 22.1 Å². The van der Waals surface area contributed by atoms with Crippen LogP contribution in [0.1, 0.15) is 18.5 Å². The number of ether oxygens (including phenoxy) is 1. The van der Waals surface area contributed by atoms with Crippen LogP contribution in [0.5, 0.6) is 5.75 Å².